The van der Waals surface area contributed by atoms with Gasteiger partial charge >= 0.3 is 5.97 Å². The predicted molar refractivity (Wildman–Crippen MR) is 101 cm³/mol. The number of hydrogen-bond donors (Lipinski definition) is 0. The van der Waals surface area contributed by atoms with Gasteiger partial charge in [-0.15, -0.1) is 11.3 Å². The Morgan fingerprint density at radius 3 is 2.55 bits per heavy atom. The Labute approximate surface area is 167 Å². The smallest absolute Gasteiger partial charge is 0.379 e. The number of hydrogen-bond acceptors (Lipinski definition) is 8. The molecule has 0 amide bonds. The third kappa shape index (κ3) is 3.49. The molecule has 0 unspecified atom stereocenters. The molecule has 9 heteroatoms. The number of fused-ring (bicyclic) bond motifs is 1. The largest absolute Gasteiger partial charge is 0.494 e. The fourth-order valence-corrected chi connectivity index (χ4v) is 3.53. The van der Waals surface area contributed by atoms with Crippen molar-refractivity contribution in [3.05, 3.63) is 71.3 Å². The number of thiazole rings is 1. The van der Waals surface area contributed by atoms with Crippen molar-refractivity contribution in [3.8, 4) is 11.8 Å². The number of methoxy groups -OCH3 is 1. The summed E-state index contributed by atoms with van der Waals surface area (Å²) in [5.74, 6) is -1.32. The highest BCUT2D eigenvalue weighted by molar-refractivity contribution is 7.19. The number of furan rings is 2. The highest BCUT2D eigenvalue weighted by Gasteiger charge is 2.24. The second-order valence-corrected chi connectivity index (χ2v) is 6.66. The van der Waals surface area contributed by atoms with E-state index in [1.54, 1.807) is 6.07 Å². The Kier molecular flexibility index (Phi) is 4.85. The number of rotatable bonds is 5. The molecule has 0 aliphatic rings. The molecule has 144 valence electrons. The molecule has 0 bridgehead atoms. The molecular weight excluding hydrogens is 399 g/mol. The van der Waals surface area contributed by atoms with Crippen LogP contribution in [-0.2, 0) is 4.74 Å². The van der Waals surface area contributed by atoms with Gasteiger partial charge in [0, 0.05) is 12.1 Å². The van der Waals surface area contributed by atoms with Crippen LogP contribution in [0, 0.1) is 17.1 Å². The number of allylic oxidation sites excluding steroid dienone is 1. The molecule has 0 aliphatic heterocycles. The molecule has 3 aromatic heterocycles. The average Bonchev–Trinajstić information content (AvgIpc) is 3.47. The van der Waals surface area contributed by atoms with Crippen molar-refractivity contribution in [1.29, 1.82) is 5.26 Å². The highest BCUT2D eigenvalue weighted by Crippen LogP contribution is 2.35. The quantitative estimate of drug-likeness (QED) is 0.263. The maximum Gasteiger partial charge on any atom is 0.379 e. The summed E-state index contributed by atoms with van der Waals surface area (Å²) in [5, 5.41) is 10.0. The van der Waals surface area contributed by atoms with Crippen molar-refractivity contribution in [2.75, 3.05) is 7.11 Å². The number of carbonyl (C=O) groups is 1. The molecule has 4 rings (SSSR count). The molecular formula is C20H11FN2O5S. The van der Waals surface area contributed by atoms with Gasteiger partial charge in [-0.05, 0) is 24.3 Å². The van der Waals surface area contributed by atoms with Gasteiger partial charge < -0.3 is 18.3 Å². The van der Waals surface area contributed by atoms with E-state index in [0.717, 1.165) is 11.3 Å². The van der Waals surface area contributed by atoms with E-state index in [9.17, 15) is 14.4 Å². The first-order valence-electron chi connectivity index (χ1n) is 8.19. The lowest BCUT2D eigenvalue weighted by atomic mass is 10.2. The van der Waals surface area contributed by atoms with Crippen molar-refractivity contribution in [2.24, 2.45) is 0 Å². The summed E-state index contributed by atoms with van der Waals surface area (Å²) in [6, 6.07) is 10.8. The van der Waals surface area contributed by atoms with Crippen LogP contribution in [0.5, 0.6) is 5.75 Å². The minimum Gasteiger partial charge on any atom is -0.494 e. The molecule has 4 aromatic rings. The molecule has 0 saturated carbocycles. The van der Waals surface area contributed by atoms with Gasteiger partial charge in [0.2, 0.25) is 5.76 Å². The van der Waals surface area contributed by atoms with E-state index >= 15 is 0 Å². The van der Waals surface area contributed by atoms with E-state index in [0.29, 0.717) is 10.2 Å². The van der Waals surface area contributed by atoms with Crippen molar-refractivity contribution >= 4 is 38.9 Å². The summed E-state index contributed by atoms with van der Waals surface area (Å²) in [6.45, 7) is 0. The van der Waals surface area contributed by atoms with Crippen molar-refractivity contribution in [2.45, 2.75) is 0 Å². The minimum absolute atomic E-state index is 0.0394. The maximum atomic E-state index is 14.0. The van der Waals surface area contributed by atoms with Crippen LogP contribution in [0.4, 0.5) is 4.39 Å². The number of aromatic nitrogens is 1. The predicted octanol–water partition coefficient (Wildman–Crippen LogP) is 4.88. The first-order chi connectivity index (χ1) is 14.1. The van der Waals surface area contributed by atoms with Gasteiger partial charge in [-0.1, -0.05) is 0 Å². The molecule has 1 aromatic carbocycles. The lowest BCUT2D eigenvalue weighted by Gasteiger charge is -2.07. The van der Waals surface area contributed by atoms with Gasteiger partial charge in [0.1, 0.15) is 16.6 Å². The molecule has 0 atom stereocenters. The Morgan fingerprint density at radius 1 is 1.21 bits per heavy atom. The first kappa shape index (κ1) is 18.5. The zero-order chi connectivity index (χ0) is 20.4. The minimum atomic E-state index is -0.803. The molecule has 29 heavy (non-hydrogen) atoms. The number of benzene rings is 1. The number of nitrogens with zero attached hydrogens (tertiary/aromatic N) is 2. The summed E-state index contributed by atoms with van der Waals surface area (Å²) in [7, 11) is 1.36. The van der Waals surface area contributed by atoms with E-state index in [1.165, 1.54) is 50.0 Å². The summed E-state index contributed by atoms with van der Waals surface area (Å²) in [6.07, 6.45) is 2.71. The number of halogens is 1. The Balaban J connectivity index is 1.85. The van der Waals surface area contributed by atoms with E-state index < -0.39 is 11.8 Å². The van der Waals surface area contributed by atoms with E-state index in [-0.39, 0.29) is 33.6 Å². The van der Waals surface area contributed by atoms with Crippen LogP contribution in [0.1, 0.15) is 21.3 Å². The zero-order valence-electron chi connectivity index (χ0n) is 14.8. The van der Waals surface area contributed by atoms with Crippen LogP contribution in [-0.4, -0.2) is 18.1 Å². The van der Waals surface area contributed by atoms with Crippen LogP contribution >= 0.6 is 11.3 Å². The third-order valence-corrected chi connectivity index (χ3v) is 4.91. The lowest BCUT2D eigenvalue weighted by molar-refractivity contribution is 0.0654. The number of carbonyl (C=O) groups excluding carboxylic acids is 1. The zero-order valence-corrected chi connectivity index (χ0v) is 15.7. The molecule has 0 aliphatic carbocycles. The second kappa shape index (κ2) is 7.61. The standard InChI is InChI=1S/C20H11FN2O5S/c1-25-16-9-17-13(8-12(16)21)23-19(29-17)11(10-22)18(14-4-2-6-26-14)28-20(24)15-5-3-7-27-15/h2-9H,1H3. The lowest BCUT2D eigenvalue weighted by Crippen LogP contribution is -2.05. The van der Waals surface area contributed by atoms with Crippen LogP contribution in [0.2, 0.25) is 0 Å². The van der Waals surface area contributed by atoms with E-state index in [4.69, 9.17) is 18.3 Å². The molecule has 0 saturated heterocycles. The molecule has 0 radical (unpaired) electrons. The molecule has 7 nitrogen and oxygen atoms in total. The van der Waals surface area contributed by atoms with Crippen LogP contribution < -0.4 is 4.74 Å². The van der Waals surface area contributed by atoms with Crippen molar-refractivity contribution in [1.82, 2.24) is 4.98 Å². The third-order valence-electron chi connectivity index (χ3n) is 3.88. The summed E-state index contributed by atoms with van der Waals surface area (Å²) in [5.41, 5.74) is 0.299. The van der Waals surface area contributed by atoms with Crippen molar-refractivity contribution < 1.29 is 27.5 Å². The van der Waals surface area contributed by atoms with Crippen molar-refractivity contribution in [3.63, 3.8) is 0 Å². The number of esters is 1. The van der Waals surface area contributed by atoms with Gasteiger partial charge in [-0.2, -0.15) is 5.26 Å². The van der Waals surface area contributed by atoms with Crippen LogP contribution in [0.3, 0.4) is 0 Å². The van der Waals surface area contributed by atoms with Gasteiger partial charge in [0.15, 0.2) is 23.1 Å². The van der Waals surface area contributed by atoms with Crippen LogP contribution in [0.25, 0.3) is 21.5 Å². The fraction of sp³-hybridized carbons (Fsp3) is 0.0500. The number of nitriles is 1. The van der Waals surface area contributed by atoms with Gasteiger partial charge in [0.25, 0.3) is 0 Å². The van der Waals surface area contributed by atoms with E-state index in [2.05, 4.69) is 4.98 Å². The summed E-state index contributed by atoms with van der Waals surface area (Å²) in [4.78, 5) is 16.7. The Bertz CT molecular complexity index is 1250. The Hall–Kier alpha value is -3.90. The Morgan fingerprint density at radius 2 is 1.93 bits per heavy atom. The maximum absolute atomic E-state index is 14.0. The molecule has 3 heterocycles. The summed E-state index contributed by atoms with van der Waals surface area (Å²) >= 11 is 1.12. The second-order valence-electron chi connectivity index (χ2n) is 5.63. The highest BCUT2D eigenvalue weighted by atomic mass is 32.1. The van der Waals surface area contributed by atoms with Gasteiger partial charge in [0.05, 0.1) is 29.9 Å². The average molecular weight is 410 g/mol. The topological polar surface area (TPSA) is 98.5 Å². The normalized spacial score (nSPS) is 11.8. The van der Waals surface area contributed by atoms with Gasteiger partial charge in [-0.25, -0.2) is 14.2 Å². The fourth-order valence-electron chi connectivity index (χ4n) is 2.56. The van der Waals surface area contributed by atoms with Crippen LogP contribution in [0.15, 0.2) is 57.8 Å². The van der Waals surface area contributed by atoms with Gasteiger partial charge in [-0.3, -0.25) is 0 Å². The monoisotopic (exact) mass is 410 g/mol. The summed E-state index contributed by atoms with van der Waals surface area (Å²) < 4.78 is 35.3. The number of ether oxygens (including phenoxy) is 2. The first-order valence-corrected chi connectivity index (χ1v) is 9.00. The van der Waals surface area contributed by atoms with E-state index in [1.807, 2.05) is 6.07 Å². The SMILES string of the molecule is COc1cc2sc(C(C#N)=C(OC(=O)c3ccco3)c3ccco3)nc2cc1F. The molecule has 0 spiro atoms. The molecule has 0 fully saturated rings. The molecule has 0 N–H and O–H groups in total.